The molecule has 2 N–H and O–H groups in total. The summed E-state index contributed by atoms with van der Waals surface area (Å²) in [7, 11) is 0. The summed E-state index contributed by atoms with van der Waals surface area (Å²) in [4.78, 5) is 22.3. The predicted octanol–water partition coefficient (Wildman–Crippen LogP) is 1.18. The standard InChI is InChI=1S/C15H20O4/c1-2-13(17)9-14(18)5-3-4-11-6-7-15(19)12(8-11)10-16/h2,4-5,11-12,15-16,19H,1,6-10H2. The van der Waals surface area contributed by atoms with Gasteiger partial charge in [-0.15, -0.1) is 5.73 Å². The molecule has 0 aromatic heterocycles. The SMILES string of the molecule is C=CC(=O)CC(=O)C=C=CC1CCC(O)C(CO)C1. The third-order valence-corrected chi connectivity index (χ3v) is 3.37. The fraction of sp³-hybridized carbons (Fsp3) is 0.533. The molecule has 0 spiro atoms. The van der Waals surface area contributed by atoms with E-state index in [4.69, 9.17) is 5.11 Å². The van der Waals surface area contributed by atoms with E-state index in [1.807, 2.05) is 0 Å². The van der Waals surface area contributed by atoms with Crippen molar-refractivity contribution in [2.24, 2.45) is 11.8 Å². The van der Waals surface area contributed by atoms with E-state index in [-0.39, 0.29) is 36.4 Å². The lowest BCUT2D eigenvalue weighted by Crippen LogP contribution is -2.30. The van der Waals surface area contributed by atoms with Gasteiger partial charge in [-0.3, -0.25) is 9.59 Å². The van der Waals surface area contributed by atoms with E-state index < -0.39 is 6.10 Å². The van der Waals surface area contributed by atoms with Crippen molar-refractivity contribution in [3.63, 3.8) is 0 Å². The van der Waals surface area contributed by atoms with Gasteiger partial charge in [0.1, 0.15) is 0 Å². The summed E-state index contributed by atoms with van der Waals surface area (Å²) in [6.07, 6.45) is 5.72. The Bertz CT molecular complexity index is 404. The number of rotatable bonds is 6. The lowest BCUT2D eigenvalue weighted by atomic mass is 9.80. The van der Waals surface area contributed by atoms with Crippen molar-refractivity contribution in [1.29, 1.82) is 0 Å². The van der Waals surface area contributed by atoms with Gasteiger partial charge < -0.3 is 10.2 Å². The smallest absolute Gasteiger partial charge is 0.171 e. The van der Waals surface area contributed by atoms with Gasteiger partial charge in [-0.25, -0.2) is 0 Å². The Labute approximate surface area is 113 Å². The van der Waals surface area contributed by atoms with E-state index in [2.05, 4.69) is 12.3 Å². The molecular weight excluding hydrogens is 244 g/mol. The molecule has 0 saturated heterocycles. The molecular formula is C15H20O4. The van der Waals surface area contributed by atoms with Gasteiger partial charge in [0, 0.05) is 18.6 Å². The number of aliphatic hydroxyl groups is 2. The molecule has 1 rings (SSSR count). The topological polar surface area (TPSA) is 74.6 Å². The van der Waals surface area contributed by atoms with E-state index in [0.717, 1.165) is 12.5 Å². The first-order valence-electron chi connectivity index (χ1n) is 6.46. The number of carbonyl (C=O) groups excluding carboxylic acids is 2. The van der Waals surface area contributed by atoms with E-state index >= 15 is 0 Å². The largest absolute Gasteiger partial charge is 0.396 e. The lowest BCUT2D eigenvalue weighted by molar-refractivity contribution is -0.121. The molecule has 3 unspecified atom stereocenters. The van der Waals surface area contributed by atoms with Crippen molar-refractivity contribution in [1.82, 2.24) is 0 Å². The molecule has 4 heteroatoms. The molecule has 19 heavy (non-hydrogen) atoms. The summed E-state index contributed by atoms with van der Waals surface area (Å²) < 4.78 is 0. The average molecular weight is 264 g/mol. The molecule has 0 aromatic carbocycles. The van der Waals surface area contributed by atoms with Crippen molar-refractivity contribution in [2.45, 2.75) is 31.8 Å². The van der Waals surface area contributed by atoms with E-state index in [1.165, 1.54) is 6.08 Å². The molecule has 1 aliphatic rings. The molecule has 4 nitrogen and oxygen atoms in total. The number of carbonyl (C=O) groups is 2. The monoisotopic (exact) mass is 264 g/mol. The normalized spacial score (nSPS) is 26.1. The zero-order valence-corrected chi connectivity index (χ0v) is 10.9. The molecule has 0 aliphatic heterocycles. The Morgan fingerprint density at radius 1 is 1.32 bits per heavy atom. The molecule has 1 aliphatic carbocycles. The van der Waals surface area contributed by atoms with Crippen LogP contribution in [0.5, 0.6) is 0 Å². The zero-order valence-electron chi connectivity index (χ0n) is 10.9. The first-order valence-corrected chi connectivity index (χ1v) is 6.46. The maximum Gasteiger partial charge on any atom is 0.171 e. The minimum absolute atomic E-state index is 0.0258. The van der Waals surface area contributed by atoms with Crippen LogP contribution in [0.1, 0.15) is 25.7 Å². The molecule has 1 fully saturated rings. The summed E-state index contributed by atoms with van der Waals surface area (Å²) in [6.45, 7) is 3.28. The van der Waals surface area contributed by atoms with Crippen LogP contribution in [0.25, 0.3) is 0 Å². The van der Waals surface area contributed by atoms with Gasteiger partial charge >= 0.3 is 0 Å². The first kappa shape index (κ1) is 15.6. The lowest BCUT2D eigenvalue weighted by Gasteiger charge is -2.30. The van der Waals surface area contributed by atoms with Crippen molar-refractivity contribution in [3.05, 3.63) is 30.5 Å². The minimum Gasteiger partial charge on any atom is -0.396 e. The third kappa shape index (κ3) is 5.35. The third-order valence-electron chi connectivity index (χ3n) is 3.37. The van der Waals surface area contributed by atoms with Crippen LogP contribution in [-0.4, -0.2) is 34.5 Å². The second kappa shape index (κ2) is 7.85. The van der Waals surface area contributed by atoms with Crippen LogP contribution in [0.2, 0.25) is 0 Å². The van der Waals surface area contributed by atoms with Crippen molar-refractivity contribution in [2.75, 3.05) is 6.61 Å². The van der Waals surface area contributed by atoms with Crippen molar-refractivity contribution in [3.8, 4) is 0 Å². The molecule has 0 heterocycles. The highest BCUT2D eigenvalue weighted by Gasteiger charge is 2.27. The number of hydrogen-bond donors (Lipinski definition) is 2. The van der Waals surface area contributed by atoms with Gasteiger partial charge in [0.05, 0.1) is 12.5 Å². The summed E-state index contributed by atoms with van der Waals surface area (Å²) in [5.41, 5.74) is 2.79. The summed E-state index contributed by atoms with van der Waals surface area (Å²) in [5.74, 6) is -0.491. The van der Waals surface area contributed by atoms with Gasteiger partial charge in [-0.1, -0.05) is 6.58 Å². The minimum atomic E-state index is -0.439. The molecule has 0 amide bonds. The Morgan fingerprint density at radius 2 is 2.05 bits per heavy atom. The van der Waals surface area contributed by atoms with Crippen molar-refractivity contribution >= 4 is 11.6 Å². The Kier molecular flexibility index (Phi) is 6.43. The Balaban J connectivity index is 2.49. The Morgan fingerprint density at radius 3 is 2.68 bits per heavy atom. The highest BCUT2D eigenvalue weighted by Crippen LogP contribution is 2.29. The highest BCUT2D eigenvalue weighted by atomic mass is 16.3. The number of hydrogen-bond acceptors (Lipinski definition) is 4. The van der Waals surface area contributed by atoms with Crippen LogP contribution in [-0.2, 0) is 9.59 Å². The number of ketones is 2. The van der Waals surface area contributed by atoms with Gasteiger partial charge in [-0.05, 0) is 37.3 Å². The molecule has 104 valence electrons. The predicted molar refractivity (Wildman–Crippen MR) is 71.4 cm³/mol. The van der Waals surface area contributed by atoms with Crippen LogP contribution in [0, 0.1) is 11.8 Å². The maximum atomic E-state index is 11.3. The van der Waals surface area contributed by atoms with E-state index in [0.29, 0.717) is 12.8 Å². The highest BCUT2D eigenvalue weighted by molar-refractivity contribution is 6.08. The van der Waals surface area contributed by atoms with E-state index in [1.54, 1.807) is 6.08 Å². The zero-order chi connectivity index (χ0) is 14.3. The molecule has 1 saturated carbocycles. The molecule has 3 atom stereocenters. The second-order valence-electron chi connectivity index (χ2n) is 4.87. The molecule has 0 radical (unpaired) electrons. The first-order chi connectivity index (χ1) is 9.06. The fourth-order valence-corrected chi connectivity index (χ4v) is 2.20. The van der Waals surface area contributed by atoms with E-state index in [9.17, 15) is 14.7 Å². The maximum absolute atomic E-state index is 11.3. The molecule has 0 bridgehead atoms. The van der Waals surface area contributed by atoms with Gasteiger partial charge in [0.15, 0.2) is 11.6 Å². The number of aliphatic hydroxyl groups excluding tert-OH is 2. The van der Waals surface area contributed by atoms with Crippen LogP contribution in [0.3, 0.4) is 0 Å². The average Bonchev–Trinajstić information content (AvgIpc) is 2.40. The fourth-order valence-electron chi connectivity index (χ4n) is 2.20. The summed E-state index contributed by atoms with van der Waals surface area (Å²) in [6, 6.07) is 0. The second-order valence-corrected chi connectivity index (χ2v) is 4.87. The van der Waals surface area contributed by atoms with Crippen LogP contribution >= 0.6 is 0 Å². The van der Waals surface area contributed by atoms with Crippen LogP contribution in [0.15, 0.2) is 30.5 Å². The van der Waals surface area contributed by atoms with Crippen LogP contribution in [0.4, 0.5) is 0 Å². The summed E-state index contributed by atoms with van der Waals surface area (Å²) >= 11 is 0. The van der Waals surface area contributed by atoms with Crippen molar-refractivity contribution < 1.29 is 19.8 Å². The van der Waals surface area contributed by atoms with Gasteiger partial charge in [0.25, 0.3) is 0 Å². The van der Waals surface area contributed by atoms with Gasteiger partial charge in [0.2, 0.25) is 0 Å². The number of allylic oxidation sites excluding steroid dienone is 2. The Hall–Kier alpha value is -1.48. The quantitative estimate of drug-likeness (QED) is 0.429. The molecule has 0 aromatic rings. The van der Waals surface area contributed by atoms with Gasteiger partial charge in [-0.2, -0.15) is 0 Å². The van der Waals surface area contributed by atoms with Crippen LogP contribution < -0.4 is 0 Å². The summed E-state index contributed by atoms with van der Waals surface area (Å²) in [5, 5.41) is 18.7.